The van der Waals surface area contributed by atoms with E-state index in [1.165, 1.54) is 38.9 Å². The maximum Gasteiger partial charge on any atom is 0.191 e. The van der Waals surface area contributed by atoms with E-state index in [4.69, 9.17) is 4.74 Å². The second-order valence-electron chi connectivity index (χ2n) is 7.89. The third-order valence-corrected chi connectivity index (χ3v) is 4.57. The molecular formula is C18H38N4O. The first kappa shape index (κ1) is 20.2. The third kappa shape index (κ3) is 8.02. The molecule has 1 heterocycles. The molecule has 0 aromatic heterocycles. The standard InChI is InChI=1S/C18H38N4O/c1-15(14-22-10-8-7-9-11-22)12-20-17(19-5)21-13-16(23-6)18(2,3)4/h15-16H,7-14H2,1-6H3,(H2,19,20,21). The van der Waals surface area contributed by atoms with Gasteiger partial charge in [-0.15, -0.1) is 0 Å². The highest BCUT2D eigenvalue weighted by molar-refractivity contribution is 5.79. The van der Waals surface area contributed by atoms with Gasteiger partial charge in [-0.05, 0) is 37.3 Å². The maximum absolute atomic E-state index is 5.58. The van der Waals surface area contributed by atoms with Gasteiger partial charge in [0.05, 0.1) is 6.10 Å². The summed E-state index contributed by atoms with van der Waals surface area (Å²) in [6, 6.07) is 0. The summed E-state index contributed by atoms with van der Waals surface area (Å²) in [7, 11) is 3.60. The molecule has 23 heavy (non-hydrogen) atoms. The van der Waals surface area contributed by atoms with E-state index in [0.29, 0.717) is 5.92 Å². The average molecular weight is 327 g/mol. The van der Waals surface area contributed by atoms with Crippen molar-refractivity contribution in [3.63, 3.8) is 0 Å². The van der Waals surface area contributed by atoms with Crippen LogP contribution in [0.15, 0.2) is 4.99 Å². The number of nitrogens with one attached hydrogen (secondary N) is 2. The van der Waals surface area contributed by atoms with Gasteiger partial charge < -0.3 is 20.3 Å². The monoisotopic (exact) mass is 326 g/mol. The summed E-state index contributed by atoms with van der Waals surface area (Å²) in [6.45, 7) is 14.3. The Morgan fingerprint density at radius 2 is 1.74 bits per heavy atom. The summed E-state index contributed by atoms with van der Waals surface area (Å²) in [4.78, 5) is 6.91. The Labute approximate surface area is 143 Å². The number of nitrogens with zero attached hydrogens (tertiary/aromatic N) is 2. The summed E-state index contributed by atoms with van der Waals surface area (Å²) in [5.74, 6) is 1.48. The average Bonchev–Trinajstić information content (AvgIpc) is 2.50. The Kier molecular flexibility index (Phi) is 8.92. The molecular weight excluding hydrogens is 288 g/mol. The number of hydrogen-bond acceptors (Lipinski definition) is 3. The fourth-order valence-corrected chi connectivity index (χ4v) is 3.07. The number of guanidine groups is 1. The summed E-state index contributed by atoms with van der Waals surface area (Å²) < 4.78 is 5.58. The number of likely N-dealkylation sites (tertiary alicyclic amines) is 1. The molecule has 5 heteroatoms. The van der Waals surface area contributed by atoms with Crippen molar-refractivity contribution in [1.29, 1.82) is 0 Å². The molecule has 136 valence electrons. The third-order valence-electron chi connectivity index (χ3n) is 4.57. The van der Waals surface area contributed by atoms with Crippen LogP contribution in [-0.4, -0.2) is 63.8 Å². The molecule has 0 radical (unpaired) electrons. The Balaban J connectivity index is 2.30. The largest absolute Gasteiger partial charge is 0.379 e. The molecule has 1 fully saturated rings. The van der Waals surface area contributed by atoms with E-state index >= 15 is 0 Å². The lowest BCUT2D eigenvalue weighted by atomic mass is 9.89. The van der Waals surface area contributed by atoms with Crippen LogP contribution in [0.4, 0.5) is 0 Å². The molecule has 0 saturated carbocycles. The minimum absolute atomic E-state index is 0.113. The smallest absolute Gasteiger partial charge is 0.191 e. The molecule has 1 aliphatic rings. The van der Waals surface area contributed by atoms with Gasteiger partial charge >= 0.3 is 0 Å². The molecule has 2 atom stereocenters. The first-order chi connectivity index (χ1) is 10.9. The Bertz CT molecular complexity index is 345. The van der Waals surface area contributed by atoms with Gasteiger partial charge in [-0.1, -0.05) is 34.1 Å². The minimum atomic E-state index is 0.113. The highest BCUT2D eigenvalue weighted by Gasteiger charge is 2.24. The number of ether oxygens (including phenoxy) is 1. The first-order valence-corrected chi connectivity index (χ1v) is 9.06. The van der Waals surface area contributed by atoms with Crippen LogP contribution in [0.25, 0.3) is 0 Å². The SMILES string of the molecule is CN=C(NCC(C)CN1CCCCC1)NCC(OC)C(C)(C)C. The molecule has 5 nitrogen and oxygen atoms in total. The lowest BCUT2D eigenvalue weighted by Gasteiger charge is -2.31. The van der Waals surface area contributed by atoms with Crippen molar-refractivity contribution < 1.29 is 4.74 Å². The number of methoxy groups -OCH3 is 1. The molecule has 0 bridgehead atoms. The van der Waals surface area contributed by atoms with E-state index in [2.05, 4.69) is 48.2 Å². The van der Waals surface area contributed by atoms with E-state index in [0.717, 1.165) is 19.0 Å². The van der Waals surface area contributed by atoms with Crippen molar-refractivity contribution in [2.75, 3.05) is 46.9 Å². The van der Waals surface area contributed by atoms with Crippen LogP contribution in [0, 0.1) is 11.3 Å². The topological polar surface area (TPSA) is 48.9 Å². The molecule has 0 aliphatic carbocycles. The van der Waals surface area contributed by atoms with Crippen molar-refractivity contribution in [1.82, 2.24) is 15.5 Å². The lowest BCUT2D eigenvalue weighted by molar-refractivity contribution is 0.0205. The summed E-state index contributed by atoms with van der Waals surface area (Å²) in [5, 5.41) is 6.83. The maximum atomic E-state index is 5.58. The Morgan fingerprint density at radius 1 is 1.13 bits per heavy atom. The van der Waals surface area contributed by atoms with Crippen molar-refractivity contribution in [3.05, 3.63) is 0 Å². The van der Waals surface area contributed by atoms with E-state index in [-0.39, 0.29) is 11.5 Å². The van der Waals surface area contributed by atoms with Crippen LogP contribution in [0.2, 0.25) is 0 Å². The second kappa shape index (κ2) is 10.1. The Morgan fingerprint density at radius 3 is 2.26 bits per heavy atom. The molecule has 2 N–H and O–H groups in total. The van der Waals surface area contributed by atoms with Crippen LogP contribution in [0.3, 0.4) is 0 Å². The second-order valence-corrected chi connectivity index (χ2v) is 7.89. The first-order valence-electron chi connectivity index (χ1n) is 9.06. The van der Waals surface area contributed by atoms with Gasteiger partial charge in [-0.25, -0.2) is 0 Å². The number of rotatable bonds is 7. The minimum Gasteiger partial charge on any atom is -0.379 e. The fraction of sp³-hybridized carbons (Fsp3) is 0.944. The van der Waals surface area contributed by atoms with Gasteiger partial charge in [0.1, 0.15) is 0 Å². The van der Waals surface area contributed by atoms with Crippen LogP contribution < -0.4 is 10.6 Å². The molecule has 0 spiro atoms. The zero-order valence-corrected chi connectivity index (χ0v) is 16.1. The number of hydrogen-bond donors (Lipinski definition) is 2. The van der Waals surface area contributed by atoms with E-state index in [1.807, 2.05) is 7.05 Å². The van der Waals surface area contributed by atoms with E-state index in [9.17, 15) is 0 Å². The summed E-state index contributed by atoms with van der Waals surface area (Å²) in [6.07, 6.45) is 4.27. The predicted molar refractivity (Wildman–Crippen MR) is 99.1 cm³/mol. The van der Waals surface area contributed by atoms with Gasteiger partial charge in [0, 0.05) is 33.8 Å². The van der Waals surface area contributed by atoms with Crippen molar-refractivity contribution in [2.45, 2.75) is 53.1 Å². The van der Waals surface area contributed by atoms with Crippen molar-refractivity contribution >= 4 is 5.96 Å². The molecule has 2 unspecified atom stereocenters. The summed E-state index contributed by atoms with van der Waals surface area (Å²) in [5.41, 5.74) is 0.113. The molecule has 0 aromatic carbocycles. The quantitative estimate of drug-likeness (QED) is 0.557. The van der Waals surface area contributed by atoms with Gasteiger partial charge in [0.25, 0.3) is 0 Å². The van der Waals surface area contributed by atoms with Gasteiger partial charge in [-0.2, -0.15) is 0 Å². The summed E-state index contributed by atoms with van der Waals surface area (Å²) >= 11 is 0. The highest BCUT2D eigenvalue weighted by Crippen LogP contribution is 2.20. The van der Waals surface area contributed by atoms with Crippen LogP contribution in [0.1, 0.15) is 47.0 Å². The Hall–Kier alpha value is -0.810. The van der Waals surface area contributed by atoms with Crippen LogP contribution in [-0.2, 0) is 4.74 Å². The van der Waals surface area contributed by atoms with Crippen LogP contribution in [0.5, 0.6) is 0 Å². The molecule has 1 aliphatic heterocycles. The normalized spacial score (nSPS) is 20.2. The zero-order chi connectivity index (χ0) is 17.3. The van der Waals surface area contributed by atoms with Crippen molar-refractivity contribution in [2.24, 2.45) is 16.3 Å². The highest BCUT2D eigenvalue weighted by atomic mass is 16.5. The van der Waals surface area contributed by atoms with E-state index in [1.54, 1.807) is 7.11 Å². The van der Waals surface area contributed by atoms with Crippen LogP contribution >= 0.6 is 0 Å². The fourth-order valence-electron chi connectivity index (χ4n) is 3.07. The van der Waals surface area contributed by atoms with Gasteiger partial charge in [0.15, 0.2) is 5.96 Å². The molecule has 1 saturated heterocycles. The lowest BCUT2D eigenvalue weighted by Crippen LogP contribution is -2.47. The molecule has 1 rings (SSSR count). The number of aliphatic imine (C=N–C) groups is 1. The van der Waals surface area contributed by atoms with Crippen molar-refractivity contribution in [3.8, 4) is 0 Å². The molecule has 0 amide bonds. The van der Waals surface area contributed by atoms with Gasteiger partial charge in [-0.3, -0.25) is 4.99 Å². The predicted octanol–water partition coefficient (Wildman–Crippen LogP) is 2.33. The zero-order valence-electron chi connectivity index (χ0n) is 16.1. The van der Waals surface area contributed by atoms with E-state index < -0.39 is 0 Å². The van der Waals surface area contributed by atoms with Gasteiger partial charge in [0.2, 0.25) is 0 Å². The molecule has 0 aromatic rings. The number of piperidine rings is 1.